The van der Waals surface area contributed by atoms with Crippen molar-refractivity contribution in [3.05, 3.63) is 48.0 Å². The van der Waals surface area contributed by atoms with Gasteiger partial charge in [-0.25, -0.2) is 0 Å². The topological polar surface area (TPSA) is 22.0 Å². The smallest absolute Gasteiger partial charge is 0.150 e. The van der Waals surface area contributed by atoms with Gasteiger partial charge >= 0.3 is 0 Å². The van der Waals surface area contributed by atoms with E-state index < -0.39 is 0 Å². The number of aryl methyl sites for hydroxylation is 1. The number of carbonyl (C=O) groups excluding carboxylic acids is 1. The van der Waals surface area contributed by atoms with E-state index in [1.807, 2.05) is 12.1 Å². The number of hydrogen-bond acceptors (Lipinski definition) is 1. The Morgan fingerprint density at radius 3 is 1.81 bits per heavy atom. The molecule has 2 heteroatoms. The second kappa shape index (κ2) is 13.3. The van der Waals surface area contributed by atoms with Crippen LogP contribution in [-0.4, -0.2) is 10.9 Å². The van der Waals surface area contributed by atoms with Gasteiger partial charge in [0.15, 0.2) is 0 Å². The lowest BCUT2D eigenvalue weighted by atomic mass is 10.0. The lowest BCUT2D eigenvalue weighted by Crippen LogP contribution is -1.97. The third-order valence-electron chi connectivity index (χ3n) is 6.67. The van der Waals surface area contributed by atoms with Crippen LogP contribution in [0.4, 0.5) is 0 Å². The van der Waals surface area contributed by atoms with Crippen LogP contribution in [0.25, 0.3) is 21.8 Å². The maximum atomic E-state index is 11.2. The van der Waals surface area contributed by atoms with Crippen LogP contribution in [0.1, 0.15) is 107 Å². The fraction of sp³-hybridized carbons (Fsp3) is 0.552. The average Bonchev–Trinajstić information content (AvgIpc) is 3.12. The Balaban J connectivity index is 1.34. The minimum absolute atomic E-state index is 0.756. The molecule has 0 aliphatic heterocycles. The van der Waals surface area contributed by atoms with Crippen LogP contribution in [0.15, 0.2) is 42.5 Å². The van der Waals surface area contributed by atoms with Crippen LogP contribution in [0.3, 0.4) is 0 Å². The van der Waals surface area contributed by atoms with Gasteiger partial charge < -0.3 is 4.57 Å². The van der Waals surface area contributed by atoms with E-state index in [4.69, 9.17) is 0 Å². The molecule has 168 valence electrons. The molecular weight excluding hydrogens is 378 g/mol. The molecule has 2 nitrogen and oxygen atoms in total. The number of nitrogens with zero attached hydrogens (tertiary/aromatic N) is 1. The fourth-order valence-corrected chi connectivity index (χ4v) is 4.85. The molecule has 0 fully saturated rings. The summed E-state index contributed by atoms with van der Waals surface area (Å²) in [5, 5.41) is 2.46. The van der Waals surface area contributed by atoms with E-state index in [1.165, 1.54) is 112 Å². The zero-order valence-corrected chi connectivity index (χ0v) is 19.6. The first-order valence-corrected chi connectivity index (χ1v) is 12.8. The van der Waals surface area contributed by atoms with E-state index in [1.54, 1.807) is 0 Å². The monoisotopic (exact) mass is 419 g/mol. The van der Waals surface area contributed by atoms with E-state index in [-0.39, 0.29) is 0 Å². The van der Waals surface area contributed by atoms with Gasteiger partial charge in [0.2, 0.25) is 0 Å². The van der Waals surface area contributed by atoms with Crippen molar-refractivity contribution in [2.24, 2.45) is 0 Å². The second-order valence-electron chi connectivity index (χ2n) is 9.16. The van der Waals surface area contributed by atoms with E-state index in [2.05, 4.69) is 41.8 Å². The number of para-hydroxylation sites is 1. The predicted molar refractivity (Wildman–Crippen MR) is 135 cm³/mol. The molecule has 31 heavy (non-hydrogen) atoms. The first kappa shape index (κ1) is 23.6. The molecule has 0 aliphatic carbocycles. The molecule has 3 rings (SSSR count). The Morgan fingerprint density at radius 2 is 1.19 bits per heavy atom. The van der Waals surface area contributed by atoms with E-state index >= 15 is 0 Å². The molecule has 2 aromatic carbocycles. The molecule has 0 spiro atoms. The van der Waals surface area contributed by atoms with Crippen molar-refractivity contribution in [3.8, 4) is 0 Å². The Hall–Kier alpha value is -2.09. The van der Waals surface area contributed by atoms with E-state index in [0.717, 1.165) is 18.4 Å². The van der Waals surface area contributed by atoms with Crippen molar-refractivity contribution in [1.82, 2.24) is 4.57 Å². The van der Waals surface area contributed by atoms with Crippen molar-refractivity contribution in [1.29, 1.82) is 0 Å². The van der Waals surface area contributed by atoms with Gasteiger partial charge in [0.25, 0.3) is 0 Å². The van der Waals surface area contributed by atoms with Gasteiger partial charge in [0.05, 0.1) is 0 Å². The normalized spacial score (nSPS) is 11.5. The SMILES string of the molecule is CCCCCCCCCCCCCCCCn1c2ccccc2c2cc(C=O)ccc21. The van der Waals surface area contributed by atoms with Gasteiger partial charge in [-0.1, -0.05) is 109 Å². The summed E-state index contributed by atoms with van der Waals surface area (Å²) in [6, 6.07) is 14.7. The number of aldehydes is 1. The summed E-state index contributed by atoms with van der Waals surface area (Å²) in [6.45, 7) is 3.35. The molecule has 0 atom stereocenters. The minimum Gasteiger partial charge on any atom is -0.340 e. The van der Waals surface area contributed by atoms with Crippen molar-refractivity contribution in [2.75, 3.05) is 0 Å². The average molecular weight is 420 g/mol. The van der Waals surface area contributed by atoms with E-state index in [0.29, 0.717) is 0 Å². The van der Waals surface area contributed by atoms with Crippen LogP contribution in [-0.2, 0) is 6.54 Å². The second-order valence-corrected chi connectivity index (χ2v) is 9.16. The van der Waals surface area contributed by atoms with Crippen LogP contribution in [0, 0.1) is 0 Å². The highest BCUT2D eigenvalue weighted by atomic mass is 16.1. The highest BCUT2D eigenvalue weighted by Crippen LogP contribution is 2.30. The van der Waals surface area contributed by atoms with Crippen molar-refractivity contribution >= 4 is 28.1 Å². The molecule has 0 N–H and O–H groups in total. The molecule has 1 heterocycles. The summed E-state index contributed by atoms with van der Waals surface area (Å²) < 4.78 is 2.44. The number of unbranched alkanes of at least 4 members (excludes halogenated alkanes) is 13. The molecule has 0 aliphatic rings. The van der Waals surface area contributed by atoms with Crippen LogP contribution >= 0.6 is 0 Å². The molecule has 1 aromatic heterocycles. The number of benzene rings is 2. The zero-order chi connectivity index (χ0) is 21.7. The summed E-state index contributed by atoms with van der Waals surface area (Å²) in [7, 11) is 0. The lowest BCUT2D eigenvalue weighted by molar-refractivity contribution is 0.112. The van der Waals surface area contributed by atoms with Gasteiger partial charge in [0.1, 0.15) is 6.29 Å². The van der Waals surface area contributed by atoms with Crippen LogP contribution in [0.5, 0.6) is 0 Å². The molecule has 0 bridgehead atoms. The standard InChI is InChI=1S/C29H41NO/c1-2-3-4-5-6-7-8-9-10-11-12-13-14-17-22-30-28-19-16-15-18-26(28)27-23-25(24-31)20-21-29(27)30/h15-16,18-21,23-24H,2-14,17,22H2,1H3. The number of rotatable bonds is 16. The Bertz CT molecular complexity index is 923. The molecule has 3 aromatic rings. The van der Waals surface area contributed by atoms with Gasteiger partial charge in [-0.2, -0.15) is 0 Å². The minimum atomic E-state index is 0.756. The third kappa shape index (κ3) is 6.95. The lowest BCUT2D eigenvalue weighted by Gasteiger charge is -2.08. The Morgan fingerprint density at radius 1 is 0.645 bits per heavy atom. The highest BCUT2D eigenvalue weighted by Gasteiger charge is 2.10. The molecule has 0 amide bonds. The van der Waals surface area contributed by atoms with E-state index in [9.17, 15) is 4.79 Å². The summed E-state index contributed by atoms with van der Waals surface area (Å²) in [4.78, 5) is 11.2. The Kier molecular flexibility index (Phi) is 10.2. The van der Waals surface area contributed by atoms with Crippen molar-refractivity contribution < 1.29 is 4.79 Å². The van der Waals surface area contributed by atoms with Gasteiger partial charge in [0, 0.05) is 33.9 Å². The largest absolute Gasteiger partial charge is 0.340 e. The first-order chi connectivity index (χ1) is 15.3. The van der Waals surface area contributed by atoms with Crippen LogP contribution in [0.2, 0.25) is 0 Å². The number of carbonyl (C=O) groups is 1. The quantitative estimate of drug-likeness (QED) is 0.168. The zero-order valence-electron chi connectivity index (χ0n) is 19.6. The number of hydrogen-bond donors (Lipinski definition) is 0. The van der Waals surface area contributed by atoms with Gasteiger partial charge in [-0.15, -0.1) is 0 Å². The molecule has 0 saturated heterocycles. The number of aromatic nitrogens is 1. The fourth-order valence-electron chi connectivity index (χ4n) is 4.85. The van der Waals surface area contributed by atoms with Crippen molar-refractivity contribution in [3.63, 3.8) is 0 Å². The highest BCUT2D eigenvalue weighted by molar-refractivity contribution is 6.09. The van der Waals surface area contributed by atoms with Gasteiger partial charge in [-0.05, 0) is 30.7 Å². The summed E-state index contributed by atoms with van der Waals surface area (Å²) >= 11 is 0. The predicted octanol–water partition coefficient (Wildman–Crippen LogP) is 9.09. The molecular formula is C29H41NO. The van der Waals surface area contributed by atoms with Gasteiger partial charge in [-0.3, -0.25) is 4.79 Å². The third-order valence-corrected chi connectivity index (χ3v) is 6.67. The maximum absolute atomic E-state index is 11.2. The first-order valence-electron chi connectivity index (χ1n) is 12.8. The molecule has 0 saturated carbocycles. The number of fused-ring (bicyclic) bond motifs is 3. The van der Waals surface area contributed by atoms with Crippen LogP contribution < -0.4 is 0 Å². The Labute approximate surface area is 189 Å². The summed E-state index contributed by atoms with van der Waals surface area (Å²) in [5.74, 6) is 0. The molecule has 0 unspecified atom stereocenters. The summed E-state index contributed by atoms with van der Waals surface area (Å²) in [5.41, 5.74) is 3.30. The molecule has 0 radical (unpaired) electrons. The van der Waals surface area contributed by atoms with Crippen molar-refractivity contribution in [2.45, 2.75) is 103 Å². The maximum Gasteiger partial charge on any atom is 0.150 e. The summed E-state index contributed by atoms with van der Waals surface area (Å²) in [6.07, 6.45) is 20.4.